The van der Waals surface area contributed by atoms with Gasteiger partial charge in [0.1, 0.15) is 5.82 Å². The number of hydrogen-bond donors (Lipinski definition) is 1. The van der Waals surface area contributed by atoms with Gasteiger partial charge in [-0.1, -0.05) is 38.4 Å². The molecule has 4 rings (SSSR count). The highest BCUT2D eigenvalue weighted by atomic mass is 35.5. The van der Waals surface area contributed by atoms with Crippen molar-refractivity contribution in [3.05, 3.63) is 63.4 Å². The molecule has 1 N–H and O–H groups in total. The number of fused-ring (bicyclic) bond motifs is 1. The van der Waals surface area contributed by atoms with Gasteiger partial charge < -0.3 is 14.8 Å². The number of ether oxygens (including phenoxy) is 2. The largest absolute Gasteiger partial charge is 0.454 e. The van der Waals surface area contributed by atoms with Crippen molar-refractivity contribution in [3.63, 3.8) is 0 Å². The standard InChI is InChI=1S/C21H20ClFN2O2S/c1-21(2,3)19-18(9-12-4-7-16-17(8-12)27-11-26-16)28-20(25-19)24-13-5-6-15(23)14(22)10-13/h4-8,10H,9,11H2,1-3H3,(H,24,25). The minimum absolute atomic E-state index is 0.0817. The molecule has 146 valence electrons. The zero-order valence-electron chi connectivity index (χ0n) is 15.8. The molecule has 0 aliphatic carbocycles. The van der Waals surface area contributed by atoms with Crippen LogP contribution in [0.25, 0.3) is 0 Å². The fraction of sp³-hybridized carbons (Fsp3) is 0.286. The molecule has 4 nitrogen and oxygen atoms in total. The summed E-state index contributed by atoms with van der Waals surface area (Å²) in [5.41, 5.74) is 2.76. The number of aromatic nitrogens is 1. The Morgan fingerprint density at radius 3 is 2.68 bits per heavy atom. The van der Waals surface area contributed by atoms with Gasteiger partial charge in [-0.25, -0.2) is 9.37 Å². The van der Waals surface area contributed by atoms with Crippen molar-refractivity contribution in [3.8, 4) is 11.5 Å². The average molecular weight is 419 g/mol. The summed E-state index contributed by atoms with van der Waals surface area (Å²) in [6.07, 6.45) is 0.743. The summed E-state index contributed by atoms with van der Waals surface area (Å²) in [6, 6.07) is 10.6. The van der Waals surface area contributed by atoms with E-state index in [-0.39, 0.29) is 17.2 Å². The van der Waals surface area contributed by atoms with Crippen LogP contribution in [0.3, 0.4) is 0 Å². The Bertz CT molecular complexity index is 1030. The molecule has 1 aliphatic heterocycles. The molecule has 0 atom stereocenters. The Morgan fingerprint density at radius 1 is 1.14 bits per heavy atom. The Morgan fingerprint density at radius 2 is 1.93 bits per heavy atom. The molecule has 1 aliphatic rings. The number of hydrogen-bond acceptors (Lipinski definition) is 5. The van der Waals surface area contributed by atoms with Crippen LogP contribution in [0.15, 0.2) is 36.4 Å². The van der Waals surface area contributed by atoms with Gasteiger partial charge in [0, 0.05) is 22.4 Å². The van der Waals surface area contributed by atoms with Crippen LogP contribution in [0.4, 0.5) is 15.2 Å². The SMILES string of the molecule is CC(C)(C)c1nc(Nc2ccc(F)c(Cl)c2)sc1Cc1ccc2c(c1)OCO2. The van der Waals surface area contributed by atoms with E-state index in [9.17, 15) is 4.39 Å². The molecule has 0 saturated heterocycles. The number of nitrogens with one attached hydrogen (secondary N) is 1. The minimum atomic E-state index is -0.440. The van der Waals surface area contributed by atoms with Gasteiger partial charge in [0.25, 0.3) is 0 Å². The quantitative estimate of drug-likeness (QED) is 0.540. The monoisotopic (exact) mass is 418 g/mol. The van der Waals surface area contributed by atoms with Gasteiger partial charge in [-0.15, -0.1) is 11.3 Å². The van der Waals surface area contributed by atoms with E-state index in [0.29, 0.717) is 5.69 Å². The van der Waals surface area contributed by atoms with E-state index in [1.165, 1.54) is 10.9 Å². The van der Waals surface area contributed by atoms with E-state index in [0.717, 1.165) is 34.3 Å². The highest BCUT2D eigenvalue weighted by Crippen LogP contribution is 2.37. The maximum absolute atomic E-state index is 13.4. The van der Waals surface area contributed by atoms with Crippen LogP contribution >= 0.6 is 22.9 Å². The second kappa shape index (κ2) is 7.26. The van der Waals surface area contributed by atoms with Gasteiger partial charge in [0.2, 0.25) is 6.79 Å². The second-order valence-corrected chi connectivity index (χ2v) is 9.15. The van der Waals surface area contributed by atoms with E-state index in [1.54, 1.807) is 23.5 Å². The first kappa shape index (κ1) is 19.0. The van der Waals surface area contributed by atoms with Gasteiger partial charge >= 0.3 is 0 Å². The zero-order chi connectivity index (χ0) is 19.9. The lowest BCUT2D eigenvalue weighted by molar-refractivity contribution is 0.174. The van der Waals surface area contributed by atoms with E-state index in [1.807, 2.05) is 18.2 Å². The zero-order valence-corrected chi connectivity index (χ0v) is 17.4. The number of rotatable bonds is 4. The molecular weight excluding hydrogens is 399 g/mol. The van der Waals surface area contributed by atoms with Gasteiger partial charge in [-0.2, -0.15) is 0 Å². The molecule has 2 heterocycles. The Balaban J connectivity index is 1.63. The van der Waals surface area contributed by atoms with E-state index < -0.39 is 5.82 Å². The summed E-state index contributed by atoms with van der Waals surface area (Å²) in [7, 11) is 0. The Hall–Kier alpha value is -2.31. The summed E-state index contributed by atoms with van der Waals surface area (Å²) in [4.78, 5) is 5.98. The molecular formula is C21H20ClFN2O2S. The number of nitrogens with zero attached hydrogens (tertiary/aromatic N) is 1. The molecule has 1 aromatic heterocycles. The fourth-order valence-electron chi connectivity index (χ4n) is 3.04. The minimum Gasteiger partial charge on any atom is -0.454 e. The van der Waals surface area contributed by atoms with Crippen LogP contribution in [0, 0.1) is 5.82 Å². The first-order valence-corrected chi connectivity index (χ1v) is 10.1. The first-order valence-electron chi connectivity index (χ1n) is 8.90. The summed E-state index contributed by atoms with van der Waals surface area (Å²) >= 11 is 7.48. The van der Waals surface area contributed by atoms with Crippen molar-refractivity contribution in [1.82, 2.24) is 4.98 Å². The molecule has 0 saturated carbocycles. The van der Waals surface area contributed by atoms with Crippen LogP contribution in [0.2, 0.25) is 5.02 Å². The molecule has 7 heteroatoms. The maximum Gasteiger partial charge on any atom is 0.231 e. The topological polar surface area (TPSA) is 43.4 Å². The van der Waals surface area contributed by atoms with E-state index >= 15 is 0 Å². The summed E-state index contributed by atoms with van der Waals surface area (Å²) in [5.74, 6) is 1.11. The molecule has 0 unspecified atom stereocenters. The summed E-state index contributed by atoms with van der Waals surface area (Å²) in [6.45, 7) is 6.69. The molecule has 0 fully saturated rings. The molecule has 0 amide bonds. The maximum atomic E-state index is 13.4. The predicted molar refractivity (Wildman–Crippen MR) is 111 cm³/mol. The molecule has 0 radical (unpaired) electrons. The highest BCUT2D eigenvalue weighted by molar-refractivity contribution is 7.15. The van der Waals surface area contributed by atoms with Gasteiger partial charge in [0.05, 0.1) is 10.7 Å². The van der Waals surface area contributed by atoms with Crippen molar-refractivity contribution >= 4 is 33.8 Å². The number of benzene rings is 2. The summed E-state index contributed by atoms with van der Waals surface area (Å²) in [5, 5.41) is 4.08. The van der Waals surface area contributed by atoms with Crippen LogP contribution in [0.5, 0.6) is 11.5 Å². The molecule has 3 aromatic rings. The average Bonchev–Trinajstić information content (AvgIpc) is 3.24. The van der Waals surface area contributed by atoms with Crippen LogP contribution in [0.1, 0.15) is 36.9 Å². The molecule has 0 bridgehead atoms. The fourth-order valence-corrected chi connectivity index (χ4v) is 4.45. The number of anilines is 2. The van der Waals surface area contributed by atoms with Crippen molar-refractivity contribution in [2.24, 2.45) is 0 Å². The van der Waals surface area contributed by atoms with Crippen molar-refractivity contribution in [1.29, 1.82) is 0 Å². The lowest BCUT2D eigenvalue weighted by Gasteiger charge is -2.17. The molecule has 0 spiro atoms. The number of thiazole rings is 1. The normalized spacial score (nSPS) is 13.0. The van der Waals surface area contributed by atoms with E-state index in [2.05, 4.69) is 26.1 Å². The van der Waals surface area contributed by atoms with Crippen LogP contribution in [-0.4, -0.2) is 11.8 Å². The number of halogens is 2. The van der Waals surface area contributed by atoms with Crippen molar-refractivity contribution < 1.29 is 13.9 Å². The first-order chi connectivity index (χ1) is 13.3. The highest BCUT2D eigenvalue weighted by Gasteiger charge is 2.24. The third-order valence-corrected chi connectivity index (χ3v) is 5.64. The van der Waals surface area contributed by atoms with Crippen LogP contribution < -0.4 is 14.8 Å². The Kier molecular flexibility index (Phi) is 4.93. The molecule has 28 heavy (non-hydrogen) atoms. The van der Waals surface area contributed by atoms with Gasteiger partial charge in [-0.3, -0.25) is 0 Å². The molecule has 2 aromatic carbocycles. The Labute approximate surface area is 172 Å². The second-order valence-electron chi connectivity index (χ2n) is 7.66. The smallest absolute Gasteiger partial charge is 0.231 e. The van der Waals surface area contributed by atoms with Crippen LogP contribution in [-0.2, 0) is 11.8 Å². The lowest BCUT2D eigenvalue weighted by atomic mass is 9.90. The van der Waals surface area contributed by atoms with Gasteiger partial charge in [0.15, 0.2) is 16.6 Å². The van der Waals surface area contributed by atoms with Crippen molar-refractivity contribution in [2.45, 2.75) is 32.6 Å². The van der Waals surface area contributed by atoms with Crippen molar-refractivity contribution in [2.75, 3.05) is 12.1 Å². The lowest BCUT2D eigenvalue weighted by Crippen LogP contribution is -2.14. The third-order valence-electron chi connectivity index (χ3n) is 4.38. The predicted octanol–water partition coefficient (Wildman–Crippen LogP) is 6.30. The third kappa shape index (κ3) is 3.93. The van der Waals surface area contributed by atoms with Gasteiger partial charge in [-0.05, 0) is 35.9 Å². The van der Waals surface area contributed by atoms with E-state index in [4.69, 9.17) is 26.1 Å². The summed E-state index contributed by atoms with van der Waals surface area (Å²) < 4.78 is 24.3.